The van der Waals surface area contributed by atoms with Crippen molar-refractivity contribution in [1.29, 1.82) is 0 Å². The van der Waals surface area contributed by atoms with E-state index >= 15 is 0 Å². The van der Waals surface area contributed by atoms with Crippen LogP contribution in [0.2, 0.25) is 0 Å². The van der Waals surface area contributed by atoms with Crippen molar-refractivity contribution in [3.05, 3.63) is 40.5 Å². The summed E-state index contributed by atoms with van der Waals surface area (Å²) in [6, 6.07) is 1.45. The van der Waals surface area contributed by atoms with Gasteiger partial charge in [0.25, 0.3) is 0 Å². The zero-order valence-corrected chi connectivity index (χ0v) is 21.7. The Kier molecular flexibility index (Phi) is 11.0. The summed E-state index contributed by atoms with van der Waals surface area (Å²) in [5.74, 6) is -0.345. The van der Waals surface area contributed by atoms with Gasteiger partial charge in [-0.2, -0.15) is 0 Å². The van der Waals surface area contributed by atoms with E-state index in [-0.39, 0.29) is 28.0 Å². The van der Waals surface area contributed by atoms with Crippen molar-refractivity contribution in [2.45, 2.75) is 116 Å². The van der Waals surface area contributed by atoms with Crippen molar-refractivity contribution in [3.63, 3.8) is 0 Å². The Morgan fingerprint density at radius 2 is 1.79 bits per heavy atom. The van der Waals surface area contributed by atoms with Gasteiger partial charge in [-0.05, 0) is 77.3 Å². The van der Waals surface area contributed by atoms with Gasteiger partial charge in [-0.15, -0.1) is 0 Å². The molecule has 0 spiro atoms. The summed E-state index contributed by atoms with van der Waals surface area (Å²) in [6.45, 7) is 8.25. The van der Waals surface area contributed by atoms with E-state index in [0.29, 0.717) is 18.4 Å². The van der Waals surface area contributed by atoms with Crippen molar-refractivity contribution in [3.8, 4) is 11.5 Å². The van der Waals surface area contributed by atoms with Crippen molar-refractivity contribution >= 4 is 10.0 Å². The molecule has 1 fully saturated rings. The van der Waals surface area contributed by atoms with E-state index in [1.54, 1.807) is 6.07 Å². The summed E-state index contributed by atoms with van der Waals surface area (Å²) in [5.41, 5.74) is 3.19. The molecule has 33 heavy (non-hydrogen) atoms. The summed E-state index contributed by atoms with van der Waals surface area (Å²) in [4.78, 5) is -0.0485. The van der Waals surface area contributed by atoms with E-state index in [1.165, 1.54) is 5.57 Å². The van der Waals surface area contributed by atoms with Crippen molar-refractivity contribution in [2.75, 3.05) is 0 Å². The van der Waals surface area contributed by atoms with E-state index in [9.17, 15) is 18.6 Å². The molecule has 0 atom stereocenters. The van der Waals surface area contributed by atoms with E-state index in [4.69, 9.17) is 0 Å². The molecule has 3 N–H and O–H groups in total. The Morgan fingerprint density at radius 1 is 1.09 bits per heavy atom. The second-order valence-electron chi connectivity index (χ2n) is 9.70. The zero-order chi connectivity index (χ0) is 24.4. The molecule has 6 heteroatoms. The maximum atomic E-state index is 13.4. The van der Waals surface area contributed by atoms with E-state index in [0.717, 1.165) is 69.8 Å². The van der Waals surface area contributed by atoms with Crippen molar-refractivity contribution in [2.24, 2.45) is 0 Å². The molecule has 1 aromatic rings. The molecule has 1 aromatic carbocycles. The fourth-order valence-electron chi connectivity index (χ4n) is 4.45. The standard InChI is InChI=1S/C27H43NO4S/c1-5-6-8-14-22-19-25(29)24(18-17-21(4)13-11-12-20(2)3)26(30)27(22)33(31,32)28-23-15-9-7-10-16-23/h12,17,19,23,28-30H,5-11,13-16,18H2,1-4H3. The third-order valence-corrected chi connectivity index (χ3v) is 8.04. The third-order valence-electron chi connectivity index (χ3n) is 6.40. The van der Waals surface area contributed by atoms with Crippen molar-refractivity contribution in [1.82, 2.24) is 4.72 Å². The second kappa shape index (κ2) is 13.2. The number of nitrogens with one attached hydrogen (secondary N) is 1. The lowest BCUT2D eigenvalue weighted by Crippen LogP contribution is -2.36. The number of sulfonamides is 1. The zero-order valence-electron chi connectivity index (χ0n) is 20.9. The minimum Gasteiger partial charge on any atom is -0.508 e. The molecular weight excluding hydrogens is 434 g/mol. The van der Waals surface area contributed by atoms with Crippen LogP contribution < -0.4 is 4.72 Å². The van der Waals surface area contributed by atoms with E-state index in [2.05, 4.69) is 31.6 Å². The highest BCUT2D eigenvalue weighted by atomic mass is 32.2. The molecule has 0 unspecified atom stereocenters. The molecule has 0 saturated heterocycles. The minimum atomic E-state index is -3.90. The lowest BCUT2D eigenvalue weighted by atomic mass is 9.96. The number of phenolic OH excluding ortho intramolecular Hbond substituents is 2. The van der Waals surface area contributed by atoms with Crippen molar-refractivity contribution < 1.29 is 18.6 Å². The van der Waals surface area contributed by atoms with E-state index < -0.39 is 10.0 Å². The van der Waals surface area contributed by atoms with Crippen LogP contribution in [0.5, 0.6) is 11.5 Å². The molecule has 5 nitrogen and oxygen atoms in total. The number of hydrogen-bond acceptors (Lipinski definition) is 4. The molecular formula is C27H43NO4S. The number of benzene rings is 1. The van der Waals surface area contributed by atoms with Crippen LogP contribution in [0.1, 0.15) is 103 Å². The van der Waals surface area contributed by atoms with Gasteiger partial charge in [-0.25, -0.2) is 13.1 Å². The first kappa shape index (κ1) is 27.5. The quantitative estimate of drug-likeness (QED) is 0.232. The SMILES string of the molecule is CCCCCc1cc(O)c(CC=C(C)CCC=C(C)C)c(O)c1S(=O)(=O)NC1CCCCC1. The van der Waals surface area contributed by atoms with Crippen LogP contribution in [0, 0.1) is 0 Å². The predicted octanol–water partition coefficient (Wildman–Crippen LogP) is 6.68. The molecule has 1 aliphatic rings. The van der Waals surface area contributed by atoms with Gasteiger partial charge in [0.05, 0.1) is 0 Å². The number of allylic oxidation sites excluding steroid dienone is 4. The minimum absolute atomic E-state index is 0.0380. The maximum absolute atomic E-state index is 13.4. The number of phenols is 2. The van der Waals surface area contributed by atoms with Crippen LogP contribution in [-0.2, 0) is 22.9 Å². The summed E-state index contributed by atoms with van der Waals surface area (Å²) in [6.07, 6.45) is 14.4. The first-order valence-corrected chi connectivity index (χ1v) is 14.0. The number of aromatic hydroxyl groups is 2. The summed E-state index contributed by atoms with van der Waals surface area (Å²) in [7, 11) is -3.90. The third kappa shape index (κ3) is 8.49. The number of aryl methyl sites for hydroxylation is 1. The molecule has 1 aliphatic carbocycles. The van der Waals surface area contributed by atoms with Gasteiger partial charge in [0.15, 0.2) is 0 Å². The van der Waals surface area contributed by atoms with Gasteiger partial charge in [0, 0.05) is 11.6 Å². The van der Waals surface area contributed by atoms with Gasteiger partial charge in [-0.1, -0.05) is 62.3 Å². The van der Waals surface area contributed by atoms with Crippen LogP contribution in [0.15, 0.2) is 34.3 Å². The van der Waals surface area contributed by atoms with E-state index in [1.807, 2.05) is 13.0 Å². The molecule has 0 radical (unpaired) electrons. The van der Waals surface area contributed by atoms with Gasteiger partial charge in [0.1, 0.15) is 16.4 Å². The smallest absolute Gasteiger partial charge is 0.244 e. The Labute approximate surface area is 201 Å². The monoisotopic (exact) mass is 477 g/mol. The molecule has 0 bridgehead atoms. The summed E-state index contributed by atoms with van der Waals surface area (Å²) >= 11 is 0. The van der Waals surface area contributed by atoms with Crippen LogP contribution in [0.4, 0.5) is 0 Å². The predicted molar refractivity (Wildman–Crippen MR) is 136 cm³/mol. The molecule has 0 aromatic heterocycles. The first-order chi connectivity index (χ1) is 15.7. The topological polar surface area (TPSA) is 86.6 Å². The summed E-state index contributed by atoms with van der Waals surface area (Å²) < 4.78 is 29.7. The lowest BCUT2D eigenvalue weighted by Gasteiger charge is -2.24. The second-order valence-corrected chi connectivity index (χ2v) is 11.4. The Bertz CT molecular complexity index is 937. The highest BCUT2D eigenvalue weighted by molar-refractivity contribution is 7.89. The Morgan fingerprint density at radius 3 is 2.42 bits per heavy atom. The Hall–Kier alpha value is -1.79. The molecule has 0 aliphatic heterocycles. The van der Waals surface area contributed by atoms with Crippen LogP contribution in [0.3, 0.4) is 0 Å². The molecule has 1 saturated carbocycles. The lowest BCUT2D eigenvalue weighted by molar-refractivity contribution is 0.407. The highest BCUT2D eigenvalue weighted by Gasteiger charge is 2.29. The summed E-state index contributed by atoms with van der Waals surface area (Å²) in [5, 5.41) is 21.8. The van der Waals surface area contributed by atoms with Crippen LogP contribution in [0.25, 0.3) is 0 Å². The highest BCUT2D eigenvalue weighted by Crippen LogP contribution is 2.38. The Balaban J connectivity index is 2.37. The average molecular weight is 478 g/mol. The van der Waals surface area contributed by atoms with Gasteiger partial charge < -0.3 is 10.2 Å². The maximum Gasteiger partial charge on any atom is 0.244 e. The van der Waals surface area contributed by atoms with Gasteiger partial charge in [-0.3, -0.25) is 0 Å². The normalized spacial score (nSPS) is 15.6. The number of rotatable bonds is 12. The van der Waals surface area contributed by atoms with Gasteiger partial charge >= 0.3 is 0 Å². The van der Waals surface area contributed by atoms with Crippen LogP contribution >= 0.6 is 0 Å². The molecule has 2 rings (SSSR count). The number of unbranched alkanes of at least 4 members (excludes halogenated alkanes) is 2. The average Bonchev–Trinajstić information content (AvgIpc) is 2.73. The molecule has 0 heterocycles. The van der Waals surface area contributed by atoms with Gasteiger partial charge in [0.2, 0.25) is 10.0 Å². The van der Waals surface area contributed by atoms with Crippen LogP contribution in [-0.4, -0.2) is 24.7 Å². The first-order valence-electron chi connectivity index (χ1n) is 12.5. The molecule has 0 amide bonds. The number of hydrogen-bond donors (Lipinski definition) is 3. The fraction of sp³-hybridized carbons (Fsp3) is 0.630. The fourth-order valence-corrected chi connectivity index (χ4v) is 6.12. The molecule has 186 valence electrons. The largest absolute Gasteiger partial charge is 0.508 e.